The Balaban J connectivity index is 1.80. The van der Waals surface area contributed by atoms with Gasteiger partial charge >= 0.3 is 5.97 Å². The molecule has 0 radical (unpaired) electrons. The zero-order valence-electron chi connectivity index (χ0n) is 18.9. The van der Waals surface area contributed by atoms with Crippen LogP contribution < -0.4 is 10.0 Å². The molecule has 0 fully saturated rings. The smallest absolute Gasteiger partial charge is 0.338 e. The van der Waals surface area contributed by atoms with Gasteiger partial charge in [0.05, 0.1) is 17.1 Å². The quantitative estimate of drug-likeness (QED) is 0.485. The van der Waals surface area contributed by atoms with Crippen LogP contribution in [0.2, 0.25) is 0 Å². The molecule has 0 saturated carbocycles. The number of hydrogen-bond donors (Lipinski definition) is 2. The van der Waals surface area contributed by atoms with Crippen LogP contribution in [0.4, 0.5) is 11.4 Å². The van der Waals surface area contributed by atoms with E-state index in [0.717, 1.165) is 11.1 Å². The average Bonchev–Trinajstić information content (AvgIpc) is 2.77. The number of hydrogen-bond acceptors (Lipinski definition) is 5. The molecule has 3 aromatic carbocycles. The maximum atomic E-state index is 13.0. The lowest BCUT2D eigenvalue weighted by atomic mass is 10.1. The fraction of sp³-hybridized carbons (Fsp3) is 0.200. The molecule has 0 unspecified atom stereocenters. The fourth-order valence-corrected chi connectivity index (χ4v) is 4.47. The number of esters is 1. The Morgan fingerprint density at radius 3 is 2.03 bits per heavy atom. The molecule has 0 atom stereocenters. The summed E-state index contributed by atoms with van der Waals surface area (Å²) in [5.74, 6) is -0.915. The largest absolute Gasteiger partial charge is 0.462 e. The molecule has 2 N–H and O–H groups in total. The van der Waals surface area contributed by atoms with Crippen LogP contribution in [-0.4, -0.2) is 26.9 Å². The summed E-state index contributed by atoms with van der Waals surface area (Å²) in [5.41, 5.74) is 4.02. The van der Waals surface area contributed by atoms with E-state index in [1.165, 1.54) is 6.07 Å². The fourth-order valence-electron chi connectivity index (χ4n) is 3.15. The Morgan fingerprint density at radius 1 is 0.788 bits per heavy atom. The van der Waals surface area contributed by atoms with Crippen molar-refractivity contribution in [3.63, 3.8) is 0 Å². The minimum atomic E-state index is -3.90. The lowest BCUT2D eigenvalue weighted by molar-refractivity contribution is 0.0526. The number of carbonyl (C=O) groups excluding carboxylic acids is 2. The molecule has 33 heavy (non-hydrogen) atoms. The second-order valence-corrected chi connectivity index (χ2v) is 9.29. The van der Waals surface area contributed by atoms with Crippen molar-refractivity contribution in [1.82, 2.24) is 0 Å². The number of nitrogens with one attached hydrogen (secondary N) is 2. The molecule has 0 aliphatic carbocycles. The third kappa shape index (κ3) is 5.78. The van der Waals surface area contributed by atoms with E-state index in [4.69, 9.17) is 4.74 Å². The van der Waals surface area contributed by atoms with Gasteiger partial charge in [-0.05, 0) is 92.9 Å². The molecule has 3 aromatic rings. The summed E-state index contributed by atoms with van der Waals surface area (Å²) in [5, 5.41) is 2.71. The van der Waals surface area contributed by atoms with Gasteiger partial charge in [-0.15, -0.1) is 0 Å². The van der Waals surface area contributed by atoms with Gasteiger partial charge in [-0.1, -0.05) is 12.1 Å². The Hall–Kier alpha value is -3.65. The van der Waals surface area contributed by atoms with Crippen LogP contribution in [0.3, 0.4) is 0 Å². The maximum Gasteiger partial charge on any atom is 0.338 e. The van der Waals surface area contributed by atoms with Crippen molar-refractivity contribution >= 4 is 33.3 Å². The molecule has 0 spiro atoms. The summed E-state index contributed by atoms with van der Waals surface area (Å²) in [6.45, 7) is 7.52. The second kappa shape index (κ2) is 9.87. The topological polar surface area (TPSA) is 102 Å². The second-order valence-electron chi connectivity index (χ2n) is 7.64. The number of carbonyl (C=O) groups is 2. The molecule has 0 aliphatic heterocycles. The van der Waals surface area contributed by atoms with Crippen molar-refractivity contribution in [2.24, 2.45) is 0 Å². The van der Waals surface area contributed by atoms with Crippen LogP contribution >= 0.6 is 0 Å². The highest BCUT2D eigenvalue weighted by atomic mass is 32.2. The van der Waals surface area contributed by atoms with Crippen molar-refractivity contribution in [3.05, 3.63) is 88.5 Å². The molecule has 0 aliphatic rings. The van der Waals surface area contributed by atoms with Gasteiger partial charge in [0, 0.05) is 16.9 Å². The molecule has 0 bridgehead atoms. The van der Waals surface area contributed by atoms with Gasteiger partial charge in [0.1, 0.15) is 0 Å². The molecular formula is C25H26N2O5S. The number of ether oxygens (including phenoxy) is 1. The predicted octanol–water partition coefficient (Wildman–Crippen LogP) is 4.84. The molecule has 172 valence electrons. The molecular weight excluding hydrogens is 440 g/mol. The summed E-state index contributed by atoms with van der Waals surface area (Å²) in [6, 6.07) is 16.1. The Labute approximate surface area is 193 Å². The summed E-state index contributed by atoms with van der Waals surface area (Å²) < 4.78 is 33.6. The van der Waals surface area contributed by atoms with Crippen LogP contribution in [0, 0.1) is 20.8 Å². The van der Waals surface area contributed by atoms with E-state index in [1.54, 1.807) is 62.4 Å². The first-order valence-corrected chi connectivity index (χ1v) is 11.9. The van der Waals surface area contributed by atoms with Gasteiger partial charge < -0.3 is 10.1 Å². The number of amides is 1. The summed E-state index contributed by atoms with van der Waals surface area (Å²) >= 11 is 0. The van der Waals surface area contributed by atoms with Gasteiger partial charge in [0.2, 0.25) is 0 Å². The lowest BCUT2D eigenvalue weighted by Gasteiger charge is -2.13. The van der Waals surface area contributed by atoms with Gasteiger partial charge in [-0.2, -0.15) is 0 Å². The van der Waals surface area contributed by atoms with E-state index in [9.17, 15) is 18.0 Å². The number of benzene rings is 3. The highest BCUT2D eigenvalue weighted by molar-refractivity contribution is 7.92. The molecule has 8 heteroatoms. The zero-order valence-corrected chi connectivity index (χ0v) is 19.7. The molecule has 3 rings (SSSR count). The van der Waals surface area contributed by atoms with Crippen molar-refractivity contribution < 1.29 is 22.7 Å². The Bertz CT molecular complexity index is 1300. The standard InChI is InChI=1S/C25H26N2O5S/c1-5-32-25(29)19-9-12-21(13-10-19)26-24(28)20-8-6-17(3)23(15-20)33(30,31)27-22-11-7-16(2)18(4)14-22/h6-15,27H,5H2,1-4H3,(H,26,28). The van der Waals surface area contributed by atoms with E-state index >= 15 is 0 Å². The van der Waals surface area contributed by atoms with Crippen LogP contribution in [0.15, 0.2) is 65.6 Å². The molecule has 1 amide bonds. The summed E-state index contributed by atoms with van der Waals surface area (Å²) in [4.78, 5) is 24.5. The number of aryl methyl sites for hydroxylation is 3. The highest BCUT2D eigenvalue weighted by Crippen LogP contribution is 2.23. The molecule has 7 nitrogen and oxygen atoms in total. The van der Waals surface area contributed by atoms with Crippen LogP contribution in [0.1, 0.15) is 44.3 Å². The van der Waals surface area contributed by atoms with Crippen molar-refractivity contribution in [1.29, 1.82) is 0 Å². The van der Waals surface area contributed by atoms with Gasteiger partial charge in [-0.3, -0.25) is 9.52 Å². The molecule has 0 heterocycles. The van der Waals surface area contributed by atoms with E-state index < -0.39 is 21.9 Å². The molecule has 0 saturated heterocycles. The van der Waals surface area contributed by atoms with Crippen LogP contribution in [-0.2, 0) is 14.8 Å². The van der Waals surface area contributed by atoms with Crippen molar-refractivity contribution in [3.8, 4) is 0 Å². The van der Waals surface area contributed by atoms with Crippen LogP contribution in [0.25, 0.3) is 0 Å². The third-order valence-corrected chi connectivity index (χ3v) is 6.68. The minimum Gasteiger partial charge on any atom is -0.462 e. The first kappa shape index (κ1) is 24.0. The minimum absolute atomic E-state index is 0.0195. The third-order valence-electron chi connectivity index (χ3n) is 5.15. The highest BCUT2D eigenvalue weighted by Gasteiger charge is 2.20. The summed E-state index contributed by atoms with van der Waals surface area (Å²) in [6.07, 6.45) is 0. The van der Waals surface area contributed by atoms with E-state index in [-0.39, 0.29) is 17.1 Å². The Morgan fingerprint density at radius 2 is 1.39 bits per heavy atom. The zero-order chi connectivity index (χ0) is 24.2. The van der Waals surface area contributed by atoms with E-state index in [2.05, 4.69) is 10.0 Å². The molecule has 0 aromatic heterocycles. The average molecular weight is 467 g/mol. The SMILES string of the molecule is CCOC(=O)c1ccc(NC(=O)c2ccc(C)c(S(=O)(=O)Nc3ccc(C)c(C)c3)c2)cc1. The number of anilines is 2. The van der Waals surface area contributed by atoms with Crippen molar-refractivity contribution in [2.45, 2.75) is 32.6 Å². The predicted molar refractivity (Wildman–Crippen MR) is 128 cm³/mol. The van der Waals surface area contributed by atoms with E-state index in [1.807, 2.05) is 19.9 Å². The van der Waals surface area contributed by atoms with Gasteiger partial charge in [0.25, 0.3) is 15.9 Å². The number of sulfonamides is 1. The Kier molecular flexibility index (Phi) is 7.18. The van der Waals surface area contributed by atoms with Crippen LogP contribution in [0.5, 0.6) is 0 Å². The van der Waals surface area contributed by atoms with Gasteiger partial charge in [0.15, 0.2) is 0 Å². The van der Waals surface area contributed by atoms with Gasteiger partial charge in [-0.25, -0.2) is 13.2 Å². The first-order valence-electron chi connectivity index (χ1n) is 10.4. The number of rotatable bonds is 7. The summed E-state index contributed by atoms with van der Waals surface area (Å²) in [7, 11) is -3.90. The van der Waals surface area contributed by atoms with Crippen molar-refractivity contribution in [2.75, 3.05) is 16.6 Å². The van der Waals surface area contributed by atoms with E-state index in [0.29, 0.717) is 22.5 Å². The first-order chi connectivity index (χ1) is 15.6. The normalized spacial score (nSPS) is 11.0. The lowest BCUT2D eigenvalue weighted by Crippen LogP contribution is -2.17. The maximum absolute atomic E-state index is 13.0. The monoisotopic (exact) mass is 466 g/mol.